The van der Waals surface area contributed by atoms with Crippen molar-refractivity contribution in [2.24, 2.45) is 12.8 Å². The van der Waals surface area contributed by atoms with E-state index in [-0.39, 0.29) is 15.7 Å². The summed E-state index contributed by atoms with van der Waals surface area (Å²) in [6.45, 7) is 0. The molecule has 1 aliphatic carbocycles. The second-order valence-corrected chi connectivity index (χ2v) is 10.9. The van der Waals surface area contributed by atoms with E-state index in [1.165, 1.54) is 12.1 Å². The number of anilines is 2. The highest BCUT2D eigenvalue weighted by Gasteiger charge is 2.21. The third kappa shape index (κ3) is 5.09. The van der Waals surface area contributed by atoms with Crippen molar-refractivity contribution < 1.29 is 8.42 Å². The lowest BCUT2D eigenvalue weighted by Crippen LogP contribution is -2.33. The molecule has 2 heterocycles. The lowest BCUT2D eigenvalue weighted by atomic mass is 9.92. The third-order valence-corrected chi connectivity index (χ3v) is 8.08. The van der Waals surface area contributed by atoms with Crippen LogP contribution >= 0.6 is 11.6 Å². The molecule has 4 N–H and O–H groups in total. The molecule has 1 aliphatic rings. The number of hydrogen-bond acceptors (Lipinski definition) is 7. The highest BCUT2D eigenvalue weighted by Crippen LogP contribution is 2.28. The Morgan fingerprint density at radius 2 is 1.86 bits per heavy atom. The molecule has 2 aromatic carbocycles. The molecule has 11 heteroatoms. The van der Waals surface area contributed by atoms with Crippen molar-refractivity contribution in [2.75, 3.05) is 10.0 Å². The average molecular weight is 512 g/mol. The molecule has 0 saturated heterocycles. The van der Waals surface area contributed by atoms with Gasteiger partial charge in [-0.1, -0.05) is 29.8 Å². The van der Waals surface area contributed by atoms with Crippen molar-refractivity contribution in [3.63, 3.8) is 0 Å². The lowest BCUT2D eigenvalue weighted by molar-refractivity contribution is 0.410. The molecule has 0 amide bonds. The van der Waals surface area contributed by atoms with E-state index >= 15 is 0 Å². The maximum Gasteiger partial charge on any atom is 0.264 e. The van der Waals surface area contributed by atoms with Crippen LogP contribution in [-0.2, 0) is 17.1 Å². The van der Waals surface area contributed by atoms with Crippen LogP contribution < -0.4 is 15.8 Å². The van der Waals surface area contributed by atoms with E-state index in [1.54, 1.807) is 36.1 Å². The first kappa shape index (κ1) is 23.5. The number of fused-ring (bicyclic) bond motifs is 1. The minimum atomic E-state index is -3.88. The van der Waals surface area contributed by atoms with Gasteiger partial charge in [-0.2, -0.15) is 5.10 Å². The van der Waals surface area contributed by atoms with Crippen molar-refractivity contribution >= 4 is 44.3 Å². The largest absolute Gasteiger partial charge is 0.351 e. The van der Waals surface area contributed by atoms with Crippen LogP contribution in [0.25, 0.3) is 22.2 Å². The monoisotopic (exact) mass is 511 g/mol. The molecule has 1 fully saturated rings. The van der Waals surface area contributed by atoms with Crippen LogP contribution in [0.3, 0.4) is 0 Å². The Kier molecular flexibility index (Phi) is 6.35. The fourth-order valence-electron chi connectivity index (χ4n) is 4.35. The molecular weight excluding hydrogens is 486 g/mol. The molecule has 5 rings (SSSR count). The number of nitrogens with one attached hydrogen (secondary N) is 2. The molecule has 0 aliphatic heterocycles. The first-order chi connectivity index (χ1) is 16.8. The number of rotatable bonds is 6. The van der Waals surface area contributed by atoms with Gasteiger partial charge in [0.25, 0.3) is 10.0 Å². The fourth-order valence-corrected chi connectivity index (χ4v) is 5.86. The Balaban J connectivity index is 1.36. The van der Waals surface area contributed by atoms with Gasteiger partial charge >= 0.3 is 0 Å². The summed E-state index contributed by atoms with van der Waals surface area (Å²) in [7, 11) is -2.12. The summed E-state index contributed by atoms with van der Waals surface area (Å²) in [4.78, 5) is 9.15. The Labute approximate surface area is 208 Å². The first-order valence-corrected chi connectivity index (χ1v) is 13.3. The number of hydrogen-bond donors (Lipinski definition) is 3. The van der Waals surface area contributed by atoms with Gasteiger partial charge in [0.15, 0.2) is 5.82 Å². The van der Waals surface area contributed by atoms with Crippen LogP contribution in [0.15, 0.2) is 59.6 Å². The van der Waals surface area contributed by atoms with Gasteiger partial charge in [-0.3, -0.25) is 9.40 Å². The zero-order chi connectivity index (χ0) is 24.6. The minimum absolute atomic E-state index is 0.00258. The Morgan fingerprint density at radius 3 is 2.63 bits per heavy atom. The number of benzene rings is 2. The second-order valence-electron chi connectivity index (χ2n) is 8.80. The van der Waals surface area contributed by atoms with E-state index in [1.807, 2.05) is 18.2 Å². The van der Waals surface area contributed by atoms with Crippen molar-refractivity contribution in [2.45, 2.75) is 42.7 Å². The van der Waals surface area contributed by atoms with E-state index < -0.39 is 10.0 Å². The summed E-state index contributed by atoms with van der Waals surface area (Å²) in [5, 5.41) is 8.77. The van der Waals surface area contributed by atoms with E-state index in [2.05, 4.69) is 25.1 Å². The number of sulfonamides is 1. The Morgan fingerprint density at radius 1 is 1.09 bits per heavy atom. The van der Waals surface area contributed by atoms with Crippen LogP contribution in [0.1, 0.15) is 25.7 Å². The molecule has 0 spiro atoms. The SMILES string of the molecule is Cn1nc(NS(=O)(=O)c2ccccc2Cl)cc1-c1ccc2nc(NC3CCC(N)CC3)ncc2c1. The number of aryl methyl sites for hydroxylation is 1. The van der Waals surface area contributed by atoms with Crippen molar-refractivity contribution in [1.82, 2.24) is 19.7 Å². The standard InChI is InChI=1S/C24H26ClN7O2S/c1-32-21(13-23(30-32)31-35(33,34)22-5-3-2-4-19(22)25)15-6-11-20-16(12-15)14-27-24(29-20)28-18-9-7-17(26)8-10-18/h2-6,11-14,17-18H,7-10,26H2,1H3,(H,30,31)(H,27,28,29). The molecule has 0 radical (unpaired) electrons. The molecule has 0 atom stereocenters. The Bertz CT molecular complexity index is 1480. The summed E-state index contributed by atoms with van der Waals surface area (Å²) in [6.07, 6.45) is 5.85. The maximum atomic E-state index is 12.8. The first-order valence-electron chi connectivity index (χ1n) is 11.4. The van der Waals surface area contributed by atoms with Gasteiger partial charge in [0.05, 0.1) is 16.2 Å². The predicted octanol–water partition coefficient (Wildman–Crippen LogP) is 4.17. The summed E-state index contributed by atoms with van der Waals surface area (Å²) in [5.74, 6) is 0.813. The average Bonchev–Trinajstić information content (AvgIpc) is 3.19. The van der Waals surface area contributed by atoms with Gasteiger partial charge in [-0.25, -0.2) is 18.4 Å². The third-order valence-electron chi connectivity index (χ3n) is 6.23. The lowest BCUT2D eigenvalue weighted by Gasteiger charge is -2.26. The molecule has 35 heavy (non-hydrogen) atoms. The van der Waals surface area contributed by atoms with Crippen LogP contribution in [0.5, 0.6) is 0 Å². The molecule has 4 aromatic rings. The molecule has 182 valence electrons. The van der Waals surface area contributed by atoms with Crippen LogP contribution in [0.2, 0.25) is 5.02 Å². The van der Waals surface area contributed by atoms with Crippen molar-refractivity contribution in [3.05, 3.63) is 59.8 Å². The van der Waals surface area contributed by atoms with Gasteiger partial charge < -0.3 is 11.1 Å². The molecule has 2 aromatic heterocycles. The quantitative estimate of drug-likeness (QED) is 0.354. The van der Waals surface area contributed by atoms with Crippen molar-refractivity contribution in [3.8, 4) is 11.3 Å². The number of aromatic nitrogens is 4. The highest BCUT2D eigenvalue weighted by atomic mass is 35.5. The zero-order valence-corrected chi connectivity index (χ0v) is 20.7. The Hall–Kier alpha value is -3.21. The van der Waals surface area contributed by atoms with E-state index in [0.717, 1.165) is 47.8 Å². The van der Waals surface area contributed by atoms with Gasteiger partial charge in [0.1, 0.15) is 4.90 Å². The topological polar surface area (TPSA) is 128 Å². The molecule has 1 saturated carbocycles. The zero-order valence-electron chi connectivity index (χ0n) is 19.1. The summed E-state index contributed by atoms with van der Waals surface area (Å²) >= 11 is 6.07. The van der Waals surface area contributed by atoms with Crippen LogP contribution in [-0.4, -0.2) is 40.2 Å². The number of nitrogens with two attached hydrogens (primary N) is 1. The summed E-state index contributed by atoms with van der Waals surface area (Å²) < 4.78 is 29.7. The van der Waals surface area contributed by atoms with Crippen LogP contribution in [0.4, 0.5) is 11.8 Å². The van der Waals surface area contributed by atoms with E-state index in [0.29, 0.717) is 18.0 Å². The number of halogens is 1. The second kappa shape index (κ2) is 9.44. The fraction of sp³-hybridized carbons (Fsp3) is 0.292. The van der Waals surface area contributed by atoms with Gasteiger partial charge in [-0.15, -0.1) is 0 Å². The van der Waals surface area contributed by atoms with Crippen LogP contribution in [0, 0.1) is 0 Å². The minimum Gasteiger partial charge on any atom is -0.351 e. The molecule has 0 bridgehead atoms. The maximum absolute atomic E-state index is 12.8. The van der Waals surface area contributed by atoms with Gasteiger partial charge in [-0.05, 0) is 49.9 Å². The number of nitrogens with zero attached hydrogens (tertiary/aromatic N) is 4. The van der Waals surface area contributed by atoms with Crippen molar-refractivity contribution in [1.29, 1.82) is 0 Å². The summed E-state index contributed by atoms with van der Waals surface area (Å²) in [6, 6.07) is 14.4. The molecule has 9 nitrogen and oxygen atoms in total. The van der Waals surface area contributed by atoms with Gasteiger partial charge in [0, 0.05) is 42.3 Å². The summed E-state index contributed by atoms with van der Waals surface area (Å²) in [5.41, 5.74) is 8.42. The van der Waals surface area contributed by atoms with Gasteiger partial charge in [0.2, 0.25) is 5.95 Å². The van der Waals surface area contributed by atoms with E-state index in [9.17, 15) is 8.42 Å². The molecular formula is C24H26ClN7O2S. The highest BCUT2D eigenvalue weighted by molar-refractivity contribution is 7.92. The van der Waals surface area contributed by atoms with E-state index in [4.69, 9.17) is 17.3 Å². The predicted molar refractivity (Wildman–Crippen MR) is 138 cm³/mol. The molecule has 0 unspecified atom stereocenters. The normalized spacial score (nSPS) is 18.5. The smallest absolute Gasteiger partial charge is 0.264 e.